The number of amides is 1. The van der Waals surface area contributed by atoms with Crippen LogP contribution in [0.15, 0.2) is 42.6 Å². The molecule has 1 aromatic carbocycles. The van der Waals surface area contributed by atoms with E-state index < -0.39 is 18.0 Å². The SMILES string of the molecule is COc1cccc(C(O)C(=O)Nc2ccc(F)nc2)c1. The first-order valence-corrected chi connectivity index (χ1v) is 5.84. The topological polar surface area (TPSA) is 71.5 Å². The molecular formula is C14H13FN2O3. The van der Waals surface area contributed by atoms with Crippen molar-refractivity contribution in [2.45, 2.75) is 6.10 Å². The number of nitrogens with one attached hydrogen (secondary N) is 1. The van der Waals surface area contributed by atoms with Crippen LogP contribution >= 0.6 is 0 Å². The number of anilines is 1. The van der Waals surface area contributed by atoms with Crippen LogP contribution in [0.2, 0.25) is 0 Å². The van der Waals surface area contributed by atoms with Crippen LogP contribution in [0.1, 0.15) is 11.7 Å². The molecular weight excluding hydrogens is 263 g/mol. The van der Waals surface area contributed by atoms with E-state index in [0.29, 0.717) is 17.0 Å². The fourth-order valence-corrected chi connectivity index (χ4v) is 1.62. The van der Waals surface area contributed by atoms with Crippen molar-refractivity contribution in [3.63, 3.8) is 0 Å². The van der Waals surface area contributed by atoms with Crippen molar-refractivity contribution in [2.24, 2.45) is 0 Å². The molecule has 5 nitrogen and oxygen atoms in total. The third-order valence-electron chi connectivity index (χ3n) is 2.65. The maximum Gasteiger partial charge on any atom is 0.257 e. The van der Waals surface area contributed by atoms with Crippen LogP contribution in [-0.4, -0.2) is 23.1 Å². The molecule has 1 atom stereocenters. The van der Waals surface area contributed by atoms with Gasteiger partial charge in [0.25, 0.3) is 5.91 Å². The highest BCUT2D eigenvalue weighted by molar-refractivity contribution is 5.94. The van der Waals surface area contributed by atoms with Gasteiger partial charge in [0.2, 0.25) is 5.95 Å². The van der Waals surface area contributed by atoms with Gasteiger partial charge in [-0.3, -0.25) is 4.79 Å². The number of carbonyl (C=O) groups excluding carboxylic acids is 1. The molecule has 6 heteroatoms. The predicted octanol–water partition coefficient (Wildman–Crippen LogP) is 1.90. The first-order valence-electron chi connectivity index (χ1n) is 5.84. The lowest BCUT2D eigenvalue weighted by Crippen LogP contribution is -2.20. The van der Waals surface area contributed by atoms with Crippen LogP contribution in [0, 0.1) is 5.95 Å². The second-order valence-electron chi connectivity index (χ2n) is 4.04. The number of nitrogens with zero attached hydrogens (tertiary/aromatic N) is 1. The van der Waals surface area contributed by atoms with Crippen molar-refractivity contribution >= 4 is 11.6 Å². The predicted molar refractivity (Wildman–Crippen MR) is 70.8 cm³/mol. The van der Waals surface area contributed by atoms with Gasteiger partial charge in [-0.05, 0) is 29.8 Å². The molecule has 0 radical (unpaired) electrons. The van der Waals surface area contributed by atoms with Gasteiger partial charge < -0.3 is 15.2 Å². The number of hydrogen-bond acceptors (Lipinski definition) is 4. The normalized spacial score (nSPS) is 11.8. The van der Waals surface area contributed by atoms with Crippen LogP contribution < -0.4 is 10.1 Å². The average Bonchev–Trinajstić information content (AvgIpc) is 2.48. The van der Waals surface area contributed by atoms with E-state index in [2.05, 4.69) is 10.3 Å². The Kier molecular flexibility index (Phi) is 4.27. The van der Waals surface area contributed by atoms with Crippen LogP contribution in [0.5, 0.6) is 5.75 Å². The minimum Gasteiger partial charge on any atom is -0.497 e. The van der Waals surface area contributed by atoms with Crippen LogP contribution in [0.3, 0.4) is 0 Å². The third-order valence-corrected chi connectivity index (χ3v) is 2.65. The molecule has 2 rings (SSSR count). The Morgan fingerprint density at radius 2 is 2.20 bits per heavy atom. The second-order valence-corrected chi connectivity index (χ2v) is 4.04. The Balaban J connectivity index is 2.09. The summed E-state index contributed by atoms with van der Waals surface area (Å²) in [6, 6.07) is 9.02. The number of rotatable bonds is 4. The minimum atomic E-state index is -1.35. The molecule has 0 aliphatic heterocycles. The van der Waals surface area contributed by atoms with Gasteiger partial charge in [0.05, 0.1) is 19.0 Å². The molecule has 1 heterocycles. The summed E-state index contributed by atoms with van der Waals surface area (Å²) in [6.45, 7) is 0. The summed E-state index contributed by atoms with van der Waals surface area (Å²) in [4.78, 5) is 15.3. The standard InChI is InChI=1S/C14H13FN2O3/c1-20-11-4-2-3-9(7-11)13(18)14(19)17-10-5-6-12(15)16-8-10/h2-8,13,18H,1H3,(H,17,19). The zero-order valence-corrected chi connectivity index (χ0v) is 10.7. The van der Waals surface area contributed by atoms with E-state index in [1.165, 1.54) is 19.4 Å². The molecule has 1 unspecified atom stereocenters. The van der Waals surface area contributed by atoms with E-state index in [-0.39, 0.29) is 0 Å². The van der Waals surface area contributed by atoms with Crippen molar-refractivity contribution in [2.75, 3.05) is 12.4 Å². The number of halogens is 1. The van der Waals surface area contributed by atoms with Crippen LogP contribution in [-0.2, 0) is 4.79 Å². The van der Waals surface area contributed by atoms with Crippen molar-refractivity contribution < 1.29 is 19.0 Å². The van der Waals surface area contributed by atoms with Crippen LogP contribution in [0.4, 0.5) is 10.1 Å². The number of pyridine rings is 1. The monoisotopic (exact) mass is 276 g/mol. The average molecular weight is 276 g/mol. The number of ether oxygens (including phenoxy) is 1. The molecule has 0 fully saturated rings. The minimum absolute atomic E-state index is 0.304. The van der Waals surface area contributed by atoms with E-state index in [0.717, 1.165) is 6.07 Å². The maximum absolute atomic E-state index is 12.6. The van der Waals surface area contributed by atoms with E-state index in [9.17, 15) is 14.3 Å². The molecule has 0 aliphatic rings. The number of carbonyl (C=O) groups is 1. The summed E-state index contributed by atoms with van der Waals surface area (Å²) >= 11 is 0. The zero-order chi connectivity index (χ0) is 14.5. The molecule has 0 spiro atoms. The molecule has 0 saturated carbocycles. The Morgan fingerprint density at radius 1 is 1.40 bits per heavy atom. The third kappa shape index (κ3) is 3.30. The van der Waals surface area contributed by atoms with Gasteiger partial charge in [0.15, 0.2) is 6.10 Å². The van der Waals surface area contributed by atoms with E-state index in [1.807, 2.05) is 0 Å². The van der Waals surface area contributed by atoms with Gasteiger partial charge in [0.1, 0.15) is 5.75 Å². The number of aliphatic hydroxyl groups excluding tert-OH is 1. The van der Waals surface area contributed by atoms with Crippen molar-refractivity contribution in [1.29, 1.82) is 0 Å². The Bertz CT molecular complexity index is 602. The van der Waals surface area contributed by atoms with E-state index in [1.54, 1.807) is 24.3 Å². The lowest BCUT2D eigenvalue weighted by molar-refractivity contribution is -0.124. The maximum atomic E-state index is 12.6. The molecule has 104 valence electrons. The zero-order valence-electron chi connectivity index (χ0n) is 10.7. The molecule has 0 saturated heterocycles. The summed E-state index contributed by atoms with van der Waals surface area (Å²) in [7, 11) is 1.50. The summed E-state index contributed by atoms with van der Waals surface area (Å²) in [5, 5.41) is 12.4. The Hall–Kier alpha value is -2.47. The summed E-state index contributed by atoms with van der Waals surface area (Å²) in [5.41, 5.74) is 0.704. The van der Waals surface area contributed by atoms with Gasteiger partial charge >= 0.3 is 0 Å². The lowest BCUT2D eigenvalue weighted by atomic mass is 10.1. The molecule has 20 heavy (non-hydrogen) atoms. The Labute approximate surface area is 115 Å². The molecule has 0 bridgehead atoms. The fourth-order valence-electron chi connectivity index (χ4n) is 1.62. The van der Waals surface area contributed by atoms with Gasteiger partial charge in [-0.1, -0.05) is 12.1 Å². The number of aromatic nitrogens is 1. The van der Waals surface area contributed by atoms with Crippen molar-refractivity contribution in [1.82, 2.24) is 4.98 Å². The van der Waals surface area contributed by atoms with Gasteiger partial charge in [-0.25, -0.2) is 4.98 Å². The highest BCUT2D eigenvalue weighted by Crippen LogP contribution is 2.20. The highest BCUT2D eigenvalue weighted by Gasteiger charge is 2.18. The van der Waals surface area contributed by atoms with E-state index >= 15 is 0 Å². The molecule has 1 aromatic heterocycles. The Morgan fingerprint density at radius 3 is 2.85 bits per heavy atom. The van der Waals surface area contributed by atoms with Crippen molar-refractivity contribution in [3.8, 4) is 5.75 Å². The lowest BCUT2D eigenvalue weighted by Gasteiger charge is -2.12. The first-order chi connectivity index (χ1) is 9.60. The number of aliphatic hydroxyl groups is 1. The summed E-state index contributed by atoms with van der Waals surface area (Å²) in [6.07, 6.45) is -0.180. The van der Waals surface area contributed by atoms with Crippen LogP contribution in [0.25, 0.3) is 0 Å². The molecule has 0 aliphatic carbocycles. The highest BCUT2D eigenvalue weighted by atomic mass is 19.1. The van der Waals surface area contributed by atoms with Gasteiger partial charge in [-0.2, -0.15) is 4.39 Å². The molecule has 2 aromatic rings. The summed E-state index contributed by atoms with van der Waals surface area (Å²) < 4.78 is 17.7. The fraction of sp³-hybridized carbons (Fsp3) is 0.143. The number of methoxy groups -OCH3 is 1. The van der Waals surface area contributed by atoms with E-state index in [4.69, 9.17) is 4.74 Å². The number of hydrogen-bond donors (Lipinski definition) is 2. The number of benzene rings is 1. The largest absolute Gasteiger partial charge is 0.497 e. The molecule has 1 amide bonds. The molecule has 2 N–H and O–H groups in total. The second kappa shape index (κ2) is 6.12. The summed E-state index contributed by atoms with van der Waals surface area (Å²) in [5.74, 6) is -0.735. The van der Waals surface area contributed by atoms with Gasteiger partial charge in [-0.15, -0.1) is 0 Å². The van der Waals surface area contributed by atoms with Crippen molar-refractivity contribution in [3.05, 3.63) is 54.1 Å². The first kappa shape index (κ1) is 14.0. The quantitative estimate of drug-likeness (QED) is 0.837. The smallest absolute Gasteiger partial charge is 0.257 e. The van der Waals surface area contributed by atoms with Gasteiger partial charge in [0, 0.05) is 0 Å².